The molecule has 1 saturated heterocycles. The maximum Gasteiger partial charge on any atom is 0.220 e. The summed E-state index contributed by atoms with van der Waals surface area (Å²) in [7, 11) is 0. The molecule has 2 N–H and O–H groups in total. The molecule has 34 heavy (non-hydrogen) atoms. The van der Waals surface area contributed by atoms with Crippen molar-refractivity contribution in [3.05, 3.63) is 82.3 Å². The van der Waals surface area contributed by atoms with Gasteiger partial charge in [0.05, 0.1) is 19.3 Å². The van der Waals surface area contributed by atoms with Gasteiger partial charge in [-0.3, -0.25) is 9.69 Å². The van der Waals surface area contributed by atoms with Gasteiger partial charge in [-0.25, -0.2) is 4.39 Å². The van der Waals surface area contributed by atoms with E-state index in [2.05, 4.69) is 38.8 Å². The van der Waals surface area contributed by atoms with Crippen LogP contribution in [-0.4, -0.2) is 48.6 Å². The van der Waals surface area contributed by atoms with Crippen molar-refractivity contribution in [2.75, 3.05) is 32.8 Å². The first-order valence-electron chi connectivity index (χ1n) is 11.7. The van der Waals surface area contributed by atoms with Crippen LogP contribution in [0, 0.1) is 5.82 Å². The van der Waals surface area contributed by atoms with Gasteiger partial charge in [0, 0.05) is 47.5 Å². The van der Waals surface area contributed by atoms with Crippen LogP contribution in [0.4, 0.5) is 4.39 Å². The highest BCUT2D eigenvalue weighted by atomic mass is 32.1. The van der Waals surface area contributed by atoms with Crippen molar-refractivity contribution >= 4 is 28.1 Å². The molecular formula is C27H28FN3O2S. The fourth-order valence-electron chi connectivity index (χ4n) is 4.64. The molecule has 7 heteroatoms. The molecule has 0 unspecified atom stereocenters. The lowest BCUT2D eigenvalue weighted by atomic mass is 10.0. The van der Waals surface area contributed by atoms with Gasteiger partial charge >= 0.3 is 0 Å². The first-order chi connectivity index (χ1) is 16.7. The Kier molecular flexibility index (Phi) is 7.04. The number of rotatable bonds is 8. The van der Waals surface area contributed by atoms with E-state index in [9.17, 15) is 9.18 Å². The number of hydrogen-bond acceptors (Lipinski definition) is 4. The van der Waals surface area contributed by atoms with Gasteiger partial charge in [-0.1, -0.05) is 24.3 Å². The molecule has 5 nitrogen and oxygen atoms in total. The SMILES string of the molecule is O=C(CCc1c(-c2ccc(F)cc2)[nH]c2ccccc12)NC[C@@H](c1cccs1)N1CCOCC1. The number of carbonyl (C=O) groups is 1. The zero-order valence-electron chi connectivity index (χ0n) is 18.9. The number of halogens is 1. The summed E-state index contributed by atoms with van der Waals surface area (Å²) in [4.78, 5) is 20.0. The van der Waals surface area contributed by atoms with E-state index >= 15 is 0 Å². The molecule has 0 aliphatic carbocycles. The molecule has 3 heterocycles. The van der Waals surface area contributed by atoms with Crippen LogP contribution < -0.4 is 5.32 Å². The van der Waals surface area contributed by atoms with Gasteiger partial charge in [-0.2, -0.15) is 0 Å². The minimum Gasteiger partial charge on any atom is -0.379 e. The minimum absolute atomic E-state index is 0.0325. The average Bonchev–Trinajstić information content (AvgIpc) is 3.52. The summed E-state index contributed by atoms with van der Waals surface area (Å²) in [6.45, 7) is 3.77. The quantitative estimate of drug-likeness (QED) is 0.369. The summed E-state index contributed by atoms with van der Waals surface area (Å²) in [5.74, 6) is -0.230. The van der Waals surface area contributed by atoms with Crippen LogP contribution in [0.15, 0.2) is 66.0 Å². The zero-order valence-corrected chi connectivity index (χ0v) is 19.7. The van der Waals surface area contributed by atoms with Gasteiger partial charge in [0.25, 0.3) is 0 Å². The molecule has 0 saturated carbocycles. The number of aromatic amines is 1. The second-order valence-electron chi connectivity index (χ2n) is 8.51. The Morgan fingerprint density at radius 2 is 1.88 bits per heavy atom. The van der Waals surface area contributed by atoms with E-state index < -0.39 is 0 Å². The second-order valence-corrected chi connectivity index (χ2v) is 9.49. The zero-order chi connectivity index (χ0) is 23.3. The van der Waals surface area contributed by atoms with E-state index in [1.54, 1.807) is 23.5 Å². The molecule has 5 rings (SSSR count). The highest BCUT2D eigenvalue weighted by Crippen LogP contribution is 2.31. The molecular weight excluding hydrogens is 449 g/mol. The van der Waals surface area contributed by atoms with E-state index in [4.69, 9.17) is 4.74 Å². The number of H-pyrrole nitrogens is 1. The van der Waals surface area contributed by atoms with Crippen molar-refractivity contribution in [1.29, 1.82) is 0 Å². The van der Waals surface area contributed by atoms with Crippen LogP contribution in [0.2, 0.25) is 0 Å². The maximum atomic E-state index is 13.5. The third-order valence-corrected chi connectivity index (χ3v) is 7.37. The van der Waals surface area contributed by atoms with Crippen LogP contribution in [0.5, 0.6) is 0 Å². The molecule has 1 atom stereocenters. The average molecular weight is 478 g/mol. The smallest absolute Gasteiger partial charge is 0.220 e. The molecule has 1 aliphatic rings. The lowest BCUT2D eigenvalue weighted by Crippen LogP contribution is -2.43. The summed E-state index contributed by atoms with van der Waals surface area (Å²) in [6, 6.07) is 18.9. The Labute approximate surface area is 202 Å². The van der Waals surface area contributed by atoms with Gasteiger partial charge in [0.1, 0.15) is 5.82 Å². The molecule has 0 bridgehead atoms. The first-order valence-corrected chi connectivity index (χ1v) is 12.5. The van der Waals surface area contributed by atoms with Crippen LogP contribution in [0.3, 0.4) is 0 Å². The number of nitrogens with zero attached hydrogens (tertiary/aromatic N) is 1. The number of carbonyl (C=O) groups excluding carboxylic acids is 1. The molecule has 0 radical (unpaired) electrons. The van der Waals surface area contributed by atoms with Crippen molar-refractivity contribution in [2.45, 2.75) is 18.9 Å². The van der Waals surface area contributed by atoms with Crippen LogP contribution >= 0.6 is 11.3 Å². The van der Waals surface area contributed by atoms with Gasteiger partial charge < -0.3 is 15.0 Å². The summed E-state index contributed by atoms with van der Waals surface area (Å²) in [6.07, 6.45) is 0.986. The third kappa shape index (κ3) is 5.06. The third-order valence-electron chi connectivity index (χ3n) is 6.40. The Morgan fingerprint density at radius 3 is 2.65 bits per heavy atom. The van der Waals surface area contributed by atoms with Crippen LogP contribution in [0.1, 0.15) is 22.9 Å². The Hall–Kier alpha value is -3.00. The fourth-order valence-corrected chi connectivity index (χ4v) is 5.50. The summed E-state index contributed by atoms with van der Waals surface area (Å²) >= 11 is 1.73. The lowest BCUT2D eigenvalue weighted by Gasteiger charge is -2.34. The van der Waals surface area contributed by atoms with Gasteiger partial charge in [0.15, 0.2) is 0 Å². The van der Waals surface area contributed by atoms with Gasteiger partial charge in [-0.15, -0.1) is 11.3 Å². The molecule has 4 aromatic rings. The number of amides is 1. The Morgan fingerprint density at radius 1 is 1.09 bits per heavy atom. The normalized spacial score (nSPS) is 15.4. The van der Waals surface area contributed by atoms with Crippen molar-refractivity contribution in [3.8, 4) is 11.3 Å². The van der Waals surface area contributed by atoms with Crippen molar-refractivity contribution in [1.82, 2.24) is 15.2 Å². The number of aryl methyl sites for hydroxylation is 1. The maximum absolute atomic E-state index is 13.5. The topological polar surface area (TPSA) is 57.4 Å². The number of morpholine rings is 1. The fraction of sp³-hybridized carbons (Fsp3) is 0.296. The molecule has 0 spiro atoms. The second kappa shape index (κ2) is 10.5. The minimum atomic E-state index is -0.263. The van der Waals surface area contributed by atoms with Gasteiger partial charge in [0.2, 0.25) is 5.91 Å². The van der Waals surface area contributed by atoms with E-state index in [-0.39, 0.29) is 17.8 Å². The Bertz CT molecular complexity index is 1230. The number of hydrogen-bond donors (Lipinski definition) is 2. The van der Waals surface area contributed by atoms with E-state index in [1.807, 2.05) is 18.2 Å². The molecule has 1 fully saturated rings. The molecule has 1 aliphatic heterocycles. The number of fused-ring (bicyclic) bond motifs is 1. The molecule has 2 aromatic heterocycles. The number of para-hydroxylation sites is 1. The number of ether oxygens (including phenoxy) is 1. The predicted octanol–water partition coefficient (Wildman–Crippen LogP) is 5.16. The standard InChI is InChI=1S/C27H28FN3O2S/c28-20-9-7-19(8-10-20)27-22(21-4-1-2-5-23(21)30-27)11-12-26(32)29-18-24(25-6-3-17-34-25)31-13-15-33-16-14-31/h1-10,17,24,30H,11-16,18H2,(H,29,32)/t24-/m0/s1. The number of nitrogens with one attached hydrogen (secondary N) is 2. The largest absolute Gasteiger partial charge is 0.379 e. The van der Waals surface area contributed by atoms with E-state index in [0.717, 1.165) is 54.0 Å². The number of thiophene rings is 1. The van der Waals surface area contributed by atoms with Crippen molar-refractivity contribution in [3.63, 3.8) is 0 Å². The molecule has 176 valence electrons. The summed E-state index contributed by atoms with van der Waals surface area (Å²) < 4.78 is 19.0. The molecule has 1 amide bonds. The van der Waals surface area contributed by atoms with E-state index in [0.29, 0.717) is 19.4 Å². The van der Waals surface area contributed by atoms with Crippen molar-refractivity contribution in [2.24, 2.45) is 0 Å². The first kappa shape index (κ1) is 22.8. The van der Waals surface area contributed by atoms with Crippen LogP contribution in [0.25, 0.3) is 22.2 Å². The van der Waals surface area contributed by atoms with Crippen LogP contribution in [-0.2, 0) is 16.0 Å². The number of aromatic nitrogens is 1. The Balaban J connectivity index is 1.29. The van der Waals surface area contributed by atoms with Crippen molar-refractivity contribution < 1.29 is 13.9 Å². The lowest BCUT2D eigenvalue weighted by molar-refractivity contribution is -0.121. The summed E-state index contributed by atoms with van der Waals surface area (Å²) in [5, 5.41) is 6.35. The van der Waals surface area contributed by atoms with Gasteiger partial charge in [-0.05, 0) is 59.3 Å². The number of benzene rings is 2. The monoisotopic (exact) mass is 477 g/mol. The highest BCUT2D eigenvalue weighted by molar-refractivity contribution is 7.10. The highest BCUT2D eigenvalue weighted by Gasteiger charge is 2.24. The van der Waals surface area contributed by atoms with E-state index in [1.165, 1.54) is 17.0 Å². The predicted molar refractivity (Wildman–Crippen MR) is 134 cm³/mol. The molecule has 2 aromatic carbocycles. The summed E-state index contributed by atoms with van der Waals surface area (Å²) in [5.41, 5.74) is 3.96.